The summed E-state index contributed by atoms with van der Waals surface area (Å²) in [5, 5.41) is 7.84. The van der Waals surface area contributed by atoms with E-state index >= 15 is 0 Å². The Hall–Kier alpha value is -2.49. The Morgan fingerprint density at radius 1 is 1.05 bits per heavy atom. The lowest BCUT2D eigenvalue weighted by molar-refractivity contribution is 0.0986. The van der Waals surface area contributed by atoms with Gasteiger partial charge in [0.05, 0.1) is 7.11 Å². The van der Waals surface area contributed by atoms with Crippen molar-refractivity contribution in [3.05, 3.63) is 65.2 Å². The molecule has 4 heteroatoms. The van der Waals surface area contributed by atoms with E-state index in [-0.39, 0.29) is 11.9 Å². The zero-order chi connectivity index (χ0) is 13.2. The molecule has 0 N–H and O–H groups in total. The number of ether oxygens (including phenoxy) is 1. The molecule has 4 nitrogen and oxygen atoms in total. The zero-order valence-electron chi connectivity index (χ0n) is 10.4. The molecule has 1 aliphatic rings. The summed E-state index contributed by atoms with van der Waals surface area (Å²) in [6, 6.07) is 14.9. The Balaban J connectivity index is 2.05. The van der Waals surface area contributed by atoms with Crippen LogP contribution in [0.4, 0.5) is 0 Å². The fourth-order valence-electron chi connectivity index (χ4n) is 2.19. The van der Waals surface area contributed by atoms with Crippen molar-refractivity contribution in [1.29, 1.82) is 0 Å². The first-order chi connectivity index (χ1) is 9.29. The maximum absolute atomic E-state index is 11.7. The molecule has 1 aliphatic heterocycles. The minimum absolute atomic E-state index is 0.222. The summed E-state index contributed by atoms with van der Waals surface area (Å²) in [6.45, 7) is 0. The summed E-state index contributed by atoms with van der Waals surface area (Å²) in [5.41, 5.74) is 2.51. The van der Waals surface area contributed by atoms with Crippen molar-refractivity contribution in [2.45, 2.75) is 6.04 Å². The van der Waals surface area contributed by atoms with Crippen LogP contribution in [0.1, 0.15) is 27.5 Å². The monoisotopic (exact) mass is 252 g/mol. The Morgan fingerprint density at radius 3 is 2.53 bits per heavy atom. The number of azo groups is 1. The molecule has 0 fully saturated rings. The molecule has 1 amide bonds. The number of hydrogen-bond acceptors (Lipinski definition) is 3. The minimum Gasteiger partial charge on any atom is -0.497 e. The predicted octanol–water partition coefficient (Wildman–Crippen LogP) is 3.39. The lowest BCUT2D eigenvalue weighted by atomic mass is 9.94. The Morgan fingerprint density at radius 2 is 1.79 bits per heavy atom. The van der Waals surface area contributed by atoms with Crippen LogP contribution in [0.2, 0.25) is 0 Å². The topological polar surface area (TPSA) is 51.0 Å². The molecule has 0 aliphatic carbocycles. The first-order valence-electron chi connectivity index (χ1n) is 5.97. The number of benzene rings is 2. The van der Waals surface area contributed by atoms with Crippen LogP contribution < -0.4 is 4.74 Å². The van der Waals surface area contributed by atoms with Crippen molar-refractivity contribution < 1.29 is 9.53 Å². The van der Waals surface area contributed by atoms with Gasteiger partial charge in [-0.2, -0.15) is 5.11 Å². The summed E-state index contributed by atoms with van der Waals surface area (Å²) in [5.74, 6) is 0.515. The number of carbonyl (C=O) groups is 1. The van der Waals surface area contributed by atoms with Gasteiger partial charge in [-0.3, -0.25) is 4.79 Å². The highest BCUT2D eigenvalue weighted by atomic mass is 16.5. The molecule has 0 saturated carbocycles. The maximum atomic E-state index is 11.7. The van der Waals surface area contributed by atoms with E-state index in [1.165, 1.54) is 0 Å². The number of rotatable bonds is 2. The number of methoxy groups -OCH3 is 1. The highest BCUT2D eigenvalue weighted by Gasteiger charge is 2.24. The molecule has 0 spiro atoms. The second-order valence-electron chi connectivity index (χ2n) is 4.28. The van der Waals surface area contributed by atoms with E-state index in [9.17, 15) is 4.79 Å². The average molecular weight is 252 g/mol. The van der Waals surface area contributed by atoms with Crippen LogP contribution in [0.25, 0.3) is 0 Å². The van der Waals surface area contributed by atoms with Gasteiger partial charge in [0.2, 0.25) is 0 Å². The first kappa shape index (κ1) is 11.6. The van der Waals surface area contributed by atoms with Gasteiger partial charge in [-0.25, -0.2) is 0 Å². The van der Waals surface area contributed by atoms with E-state index in [0.717, 1.165) is 16.9 Å². The fraction of sp³-hybridized carbons (Fsp3) is 0.133. The van der Waals surface area contributed by atoms with Crippen molar-refractivity contribution in [3.63, 3.8) is 0 Å². The summed E-state index contributed by atoms with van der Waals surface area (Å²) in [6.07, 6.45) is 0. The van der Waals surface area contributed by atoms with Gasteiger partial charge >= 0.3 is 0 Å². The molecule has 94 valence electrons. The summed E-state index contributed by atoms with van der Waals surface area (Å²) in [7, 11) is 1.63. The highest BCUT2D eigenvalue weighted by Crippen LogP contribution is 2.33. The molecule has 0 radical (unpaired) electrons. The predicted molar refractivity (Wildman–Crippen MR) is 70.5 cm³/mol. The standard InChI is InChI=1S/C15H12N2O2/c1-19-11-8-6-10(7-9-11)14-12-4-2-3-5-13(12)15(18)17-16-14/h2-9,14H,1H3. The van der Waals surface area contributed by atoms with Crippen molar-refractivity contribution in [1.82, 2.24) is 0 Å². The van der Waals surface area contributed by atoms with E-state index in [1.54, 1.807) is 13.2 Å². The van der Waals surface area contributed by atoms with Gasteiger partial charge in [-0.15, -0.1) is 5.11 Å². The Bertz CT molecular complexity index is 647. The van der Waals surface area contributed by atoms with Crippen LogP contribution in [0.15, 0.2) is 58.8 Å². The number of amides is 1. The van der Waals surface area contributed by atoms with Crippen molar-refractivity contribution in [3.8, 4) is 5.75 Å². The summed E-state index contributed by atoms with van der Waals surface area (Å²) < 4.78 is 5.13. The number of hydrogen-bond donors (Lipinski definition) is 0. The Labute approximate surface area is 110 Å². The average Bonchev–Trinajstić information content (AvgIpc) is 2.48. The normalized spacial score (nSPS) is 17.1. The van der Waals surface area contributed by atoms with Gasteiger partial charge in [-0.05, 0) is 29.3 Å². The second kappa shape index (κ2) is 4.65. The second-order valence-corrected chi connectivity index (χ2v) is 4.28. The number of carbonyl (C=O) groups excluding carboxylic acids is 1. The van der Waals surface area contributed by atoms with Crippen molar-refractivity contribution in [2.24, 2.45) is 10.2 Å². The van der Waals surface area contributed by atoms with Crippen molar-refractivity contribution in [2.75, 3.05) is 7.11 Å². The SMILES string of the molecule is COc1ccc(C2N=NC(=O)c3ccccc32)cc1. The smallest absolute Gasteiger partial charge is 0.295 e. The molecule has 1 atom stereocenters. The van der Waals surface area contributed by atoms with Gasteiger partial charge in [0.1, 0.15) is 11.8 Å². The number of nitrogens with zero attached hydrogens (tertiary/aromatic N) is 2. The van der Waals surface area contributed by atoms with Gasteiger partial charge in [0.15, 0.2) is 0 Å². The van der Waals surface area contributed by atoms with Gasteiger partial charge < -0.3 is 4.74 Å². The molecule has 3 rings (SSSR count). The van der Waals surface area contributed by atoms with Crippen LogP contribution in [-0.4, -0.2) is 13.0 Å². The molecular weight excluding hydrogens is 240 g/mol. The fourth-order valence-corrected chi connectivity index (χ4v) is 2.19. The largest absolute Gasteiger partial charge is 0.497 e. The summed E-state index contributed by atoms with van der Waals surface area (Å²) in [4.78, 5) is 11.7. The van der Waals surface area contributed by atoms with E-state index in [2.05, 4.69) is 10.2 Å². The minimum atomic E-state index is -0.277. The third kappa shape index (κ3) is 2.01. The van der Waals surface area contributed by atoms with E-state index < -0.39 is 0 Å². The highest BCUT2D eigenvalue weighted by molar-refractivity contribution is 5.97. The molecule has 0 bridgehead atoms. The first-order valence-corrected chi connectivity index (χ1v) is 5.97. The summed E-state index contributed by atoms with van der Waals surface area (Å²) >= 11 is 0. The lowest BCUT2D eigenvalue weighted by Crippen LogP contribution is -2.10. The van der Waals surface area contributed by atoms with E-state index in [0.29, 0.717) is 5.56 Å². The van der Waals surface area contributed by atoms with Gasteiger partial charge in [0, 0.05) is 5.56 Å². The molecule has 1 heterocycles. The molecule has 2 aromatic carbocycles. The Kier molecular flexibility index (Phi) is 2.83. The van der Waals surface area contributed by atoms with Crippen LogP contribution >= 0.6 is 0 Å². The zero-order valence-corrected chi connectivity index (χ0v) is 10.4. The molecule has 0 saturated heterocycles. The number of fused-ring (bicyclic) bond motifs is 1. The molecule has 1 unspecified atom stereocenters. The molecule has 19 heavy (non-hydrogen) atoms. The maximum Gasteiger partial charge on any atom is 0.295 e. The lowest BCUT2D eigenvalue weighted by Gasteiger charge is -2.18. The quantitative estimate of drug-likeness (QED) is 0.822. The van der Waals surface area contributed by atoms with E-state index in [1.807, 2.05) is 42.5 Å². The molecule has 0 aromatic heterocycles. The molecular formula is C15H12N2O2. The van der Waals surface area contributed by atoms with Gasteiger partial charge in [0.25, 0.3) is 5.91 Å². The van der Waals surface area contributed by atoms with Crippen LogP contribution in [0, 0.1) is 0 Å². The van der Waals surface area contributed by atoms with Crippen molar-refractivity contribution >= 4 is 5.91 Å². The van der Waals surface area contributed by atoms with Crippen LogP contribution in [0.3, 0.4) is 0 Å². The third-order valence-corrected chi connectivity index (χ3v) is 3.18. The van der Waals surface area contributed by atoms with Crippen LogP contribution in [0.5, 0.6) is 5.75 Å². The van der Waals surface area contributed by atoms with Gasteiger partial charge in [-0.1, -0.05) is 30.3 Å². The van der Waals surface area contributed by atoms with Crippen LogP contribution in [-0.2, 0) is 0 Å². The third-order valence-electron chi connectivity index (χ3n) is 3.18. The molecule has 2 aromatic rings. The van der Waals surface area contributed by atoms with E-state index in [4.69, 9.17) is 4.74 Å².